The summed E-state index contributed by atoms with van der Waals surface area (Å²) in [7, 11) is 0. The van der Waals surface area contributed by atoms with Gasteiger partial charge >= 0.3 is 0 Å². The highest BCUT2D eigenvalue weighted by Crippen LogP contribution is 2.23. The molecule has 1 aromatic carbocycles. The SMILES string of the molecule is Cc1c(C(=O)COc2ccc(Br)cc2)c(O)n(CCCOC(C)C)c(=O)c1C#N. The third-order valence-electron chi connectivity index (χ3n) is 4.24. The van der Waals surface area contributed by atoms with Crippen molar-refractivity contribution in [3.63, 3.8) is 0 Å². The van der Waals surface area contributed by atoms with E-state index in [4.69, 9.17) is 9.47 Å². The fourth-order valence-corrected chi connectivity index (χ4v) is 3.05. The van der Waals surface area contributed by atoms with Crippen LogP contribution in [0, 0.1) is 18.3 Å². The molecule has 0 unspecified atom stereocenters. The van der Waals surface area contributed by atoms with Gasteiger partial charge in [-0.05, 0) is 57.0 Å². The van der Waals surface area contributed by atoms with Crippen molar-refractivity contribution in [2.45, 2.75) is 39.8 Å². The van der Waals surface area contributed by atoms with E-state index < -0.39 is 17.2 Å². The molecule has 8 heteroatoms. The number of nitrogens with zero attached hydrogens (tertiary/aromatic N) is 2. The first-order chi connectivity index (χ1) is 13.8. The molecular weight excluding hydrogens is 440 g/mol. The van der Waals surface area contributed by atoms with E-state index in [1.165, 1.54) is 6.92 Å². The number of Topliss-reactive ketones (excluding diaryl/α,β-unsaturated/α-hetero) is 1. The topological polar surface area (TPSA) is 102 Å². The molecule has 1 heterocycles. The second kappa shape index (κ2) is 10.2. The average Bonchev–Trinajstić information content (AvgIpc) is 2.67. The summed E-state index contributed by atoms with van der Waals surface area (Å²) >= 11 is 3.32. The van der Waals surface area contributed by atoms with Crippen LogP contribution in [0.3, 0.4) is 0 Å². The van der Waals surface area contributed by atoms with Gasteiger partial charge < -0.3 is 14.6 Å². The van der Waals surface area contributed by atoms with Gasteiger partial charge in [-0.15, -0.1) is 0 Å². The van der Waals surface area contributed by atoms with Crippen molar-refractivity contribution in [1.29, 1.82) is 5.26 Å². The van der Waals surface area contributed by atoms with E-state index in [2.05, 4.69) is 15.9 Å². The number of halogens is 1. The molecule has 1 N–H and O–H groups in total. The lowest BCUT2D eigenvalue weighted by molar-refractivity contribution is 0.0743. The largest absolute Gasteiger partial charge is 0.494 e. The van der Waals surface area contributed by atoms with Crippen LogP contribution in [0.1, 0.15) is 41.8 Å². The number of nitriles is 1. The number of ketones is 1. The van der Waals surface area contributed by atoms with Gasteiger partial charge in [-0.2, -0.15) is 5.26 Å². The predicted molar refractivity (Wildman–Crippen MR) is 111 cm³/mol. The number of benzene rings is 1. The standard InChI is InChI=1S/C21H23BrN2O5/c1-13(2)28-10-4-9-24-20(26)17(11-23)14(3)19(21(24)27)18(25)12-29-16-7-5-15(22)6-8-16/h5-8,13,27H,4,9-10,12H2,1-3H3. The van der Waals surface area contributed by atoms with Crippen molar-refractivity contribution in [2.24, 2.45) is 0 Å². The Balaban J connectivity index is 2.28. The zero-order valence-corrected chi connectivity index (χ0v) is 18.2. The zero-order chi connectivity index (χ0) is 21.6. The third kappa shape index (κ3) is 5.68. The van der Waals surface area contributed by atoms with Crippen LogP contribution >= 0.6 is 15.9 Å². The normalized spacial score (nSPS) is 10.8. The molecule has 0 atom stereocenters. The van der Waals surface area contributed by atoms with E-state index in [1.807, 2.05) is 19.9 Å². The number of hydrogen-bond donors (Lipinski definition) is 1. The summed E-state index contributed by atoms with van der Waals surface area (Å²) in [6.07, 6.45) is 0.490. The molecule has 2 aromatic rings. The number of carbonyl (C=O) groups is 1. The van der Waals surface area contributed by atoms with Crippen LogP contribution in [-0.2, 0) is 11.3 Å². The van der Waals surface area contributed by atoms with Crippen LogP contribution in [0.4, 0.5) is 0 Å². The van der Waals surface area contributed by atoms with Crippen LogP contribution < -0.4 is 10.3 Å². The lowest BCUT2D eigenvalue weighted by Crippen LogP contribution is -2.28. The molecule has 1 aromatic heterocycles. The Hall–Kier alpha value is -2.63. The second-order valence-electron chi connectivity index (χ2n) is 6.71. The minimum absolute atomic E-state index is 0.0425. The molecule has 154 valence electrons. The summed E-state index contributed by atoms with van der Waals surface area (Å²) in [6, 6.07) is 8.78. The number of aromatic hydroxyl groups is 1. The fraction of sp³-hybridized carbons (Fsp3) is 0.381. The first-order valence-corrected chi connectivity index (χ1v) is 9.95. The molecule has 7 nitrogen and oxygen atoms in total. The zero-order valence-electron chi connectivity index (χ0n) is 16.6. The number of pyridine rings is 1. The number of ether oxygens (including phenoxy) is 2. The lowest BCUT2D eigenvalue weighted by atomic mass is 10.0. The first kappa shape index (κ1) is 22.7. The maximum Gasteiger partial charge on any atom is 0.271 e. The monoisotopic (exact) mass is 462 g/mol. The van der Waals surface area contributed by atoms with Crippen molar-refractivity contribution in [3.8, 4) is 17.7 Å². The van der Waals surface area contributed by atoms with Gasteiger partial charge in [0.15, 0.2) is 6.61 Å². The Morgan fingerprint density at radius 2 is 1.97 bits per heavy atom. The molecule has 0 fully saturated rings. The number of aromatic nitrogens is 1. The summed E-state index contributed by atoms with van der Waals surface area (Å²) in [4.78, 5) is 25.3. The Bertz CT molecular complexity index is 975. The molecular formula is C21H23BrN2O5. The van der Waals surface area contributed by atoms with Gasteiger partial charge in [0.25, 0.3) is 5.56 Å². The van der Waals surface area contributed by atoms with Crippen LogP contribution in [0.15, 0.2) is 33.5 Å². The molecule has 0 radical (unpaired) electrons. The van der Waals surface area contributed by atoms with Gasteiger partial charge in [-0.25, -0.2) is 0 Å². The molecule has 0 amide bonds. The van der Waals surface area contributed by atoms with E-state index in [-0.39, 0.29) is 35.9 Å². The van der Waals surface area contributed by atoms with Crippen molar-refractivity contribution in [1.82, 2.24) is 4.57 Å². The van der Waals surface area contributed by atoms with Gasteiger partial charge in [-0.3, -0.25) is 14.2 Å². The maximum absolute atomic E-state index is 12.7. The van der Waals surface area contributed by atoms with E-state index >= 15 is 0 Å². The molecule has 0 aliphatic rings. The van der Waals surface area contributed by atoms with Gasteiger partial charge in [0.2, 0.25) is 11.7 Å². The highest BCUT2D eigenvalue weighted by atomic mass is 79.9. The smallest absolute Gasteiger partial charge is 0.271 e. The van der Waals surface area contributed by atoms with Gasteiger partial charge in [0.1, 0.15) is 17.4 Å². The van der Waals surface area contributed by atoms with Crippen molar-refractivity contribution >= 4 is 21.7 Å². The van der Waals surface area contributed by atoms with Crippen molar-refractivity contribution < 1.29 is 19.4 Å². The van der Waals surface area contributed by atoms with Gasteiger partial charge in [0, 0.05) is 17.6 Å². The van der Waals surface area contributed by atoms with Crippen LogP contribution in [0.5, 0.6) is 11.6 Å². The molecule has 0 aliphatic heterocycles. The highest BCUT2D eigenvalue weighted by molar-refractivity contribution is 9.10. The van der Waals surface area contributed by atoms with Crippen molar-refractivity contribution in [2.75, 3.05) is 13.2 Å². The van der Waals surface area contributed by atoms with Gasteiger partial charge in [-0.1, -0.05) is 15.9 Å². The van der Waals surface area contributed by atoms with Crippen molar-refractivity contribution in [3.05, 3.63) is 55.8 Å². The van der Waals surface area contributed by atoms with Crippen LogP contribution in [0.2, 0.25) is 0 Å². The molecule has 0 saturated heterocycles. The average molecular weight is 463 g/mol. The van der Waals surface area contributed by atoms with E-state index in [0.29, 0.717) is 18.8 Å². The lowest BCUT2D eigenvalue weighted by Gasteiger charge is -2.16. The maximum atomic E-state index is 12.7. The van der Waals surface area contributed by atoms with Crippen LogP contribution in [0.25, 0.3) is 0 Å². The molecule has 29 heavy (non-hydrogen) atoms. The Kier molecular flexibility index (Phi) is 8.00. The quantitative estimate of drug-likeness (QED) is 0.451. The Morgan fingerprint density at radius 3 is 2.55 bits per heavy atom. The minimum Gasteiger partial charge on any atom is -0.494 e. The Morgan fingerprint density at radius 1 is 1.31 bits per heavy atom. The van der Waals surface area contributed by atoms with E-state index in [0.717, 1.165) is 9.04 Å². The molecule has 0 aliphatic carbocycles. The summed E-state index contributed by atoms with van der Waals surface area (Å²) in [5.41, 5.74) is -0.728. The number of carbonyl (C=O) groups excluding carboxylic acids is 1. The molecule has 0 bridgehead atoms. The summed E-state index contributed by atoms with van der Waals surface area (Å²) in [5.74, 6) is -0.495. The second-order valence-corrected chi connectivity index (χ2v) is 7.62. The number of hydrogen-bond acceptors (Lipinski definition) is 6. The van der Waals surface area contributed by atoms with E-state index in [9.17, 15) is 20.0 Å². The summed E-state index contributed by atoms with van der Waals surface area (Å²) in [5, 5.41) is 20.0. The minimum atomic E-state index is -0.627. The van der Waals surface area contributed by atoms with Gasteiger partial charge in [0.05, 0.1) is 11.7 Å². The molecule has 0 spiro atoms. The highest BCUT2D eigenvalue weighted by Gasteiger charge is 2.24. The van der Waals surface area contributed by atoms with Crippen LogP contribution in [-0.4, -0.2) is 34.8 Å². The fourth-order valence-electron chi connectivity index (χ4n) is 2.79. The molecule has 2 rings (SSSR count). The molecule has 0 saturated carbocycles. The van der Waals surface area contributed by atoms with E-state index in [1.54, 1.807) is 24.3 Å². The third-order valence-corrected chi connectivity index (χ3v) is 4.77. The summed E-state index contributed by atoms with van der Waals surface area (Å²) in [6.45, 7) is 5.43. The number of rotatable bonds is 9. The summed E-state index contributed by atoms with van der Waals surface area (Å²) < 4.78 is 12.8. The Labute approximate surface area is 177 Å². The first-order valence-electron chi connectivity index (χ1n) is 9.15. The predicted octanol–water partition coefficient (Wildman–Crippen LogP) is 3.57.